The van der Waals surface area contributed by atoms with Crippen molar-refractivity contribution in [3.05, 3.63) is 83.1 Å². The number of carbonyl (C=O) groups is 2. The molecule has 6 rings (SSSR count). The maximum atomic E-state index is 13.9. The number of methoxy groups -OCH3 is 2. The summed E-state index contributed by atoms with van der Waals surface area (Å²) in [5.74, 6) is -0.0652. The molecule has 0 amide bonds. The SMILES string of the molecule is COC(=O)C[C@](O)(C/C=C/COCc1ccccc1)C(=O)O[C@@H]1C(OC)=C[C@]23CCCN2CCc2cc4c(cc2[C@H]13)OCO4. The Balaban J connectivity index is 1.24. The number of hydrogen-bond donors (Lipinski definition) is 1. The van der Waals surface area contributed by atoms with Crippen LogP contribution in [0.1, 0.15) is 48.3 Å². The van der Waals surface area contributed by atoms with E-state index in [1.165, 1.54) is 7.11 Å². The van der Waals surface area contributed by atoms with Gasteiger partial charge in [0.25, 0.3) is 0 Å². The first-order valence-electron chi connectivity index (χ1n) is 15.1. The fourth-order valence-electron chi connectivity index (χ4n) is 7.02. The van der Waals surface area contributed by atoms with Gasteiger partial charge in [-0.25, -0.2) is 4.79 Å². The molecule has 4 aliphatic rings. The number of fused-ring (bicyclic) bond motifs is 3. The van der Waals surface area contributed by atoms with Gasteiger partial charge >= 0.3 is 11.9 Å². The second kappa shape index (κ2) is 12.6. The van der Waals surface area contributed by atoms with E-state index in [4.69, 9.17) is 28.4 Å². The van der Waals surface area contributed by atoms with Crippen LogP contribution in [-0.2, 0) is 41.6 Å². The highest BCUT2D eigenvalue weighted by Crippen LogP contribution is 2.55. The second-order valence-electron chi connectivity index (χ2n) is 11.8. The third-order valence-corrected chi connectivity index (χ3v) is 9.19. The van der Waals surface area contributed by atoms with Gasteiger partial charge in [-0.05, 0) is 60.7 Å². The first-order chi connectivity index (χ1) is 21.4. The van der Waals surface area contributed by atoms with E-state index in [0.29, 0.717) is 23.9 Å². The Morgan fingerprint density at radius 2 is 1.91 bits per heavy atom. The van der Waals surface area contributed by atoms with Crippen LogP contribution in [0.5, 0.6) is 11.5 Å². The molecule has 3 aliphatic heterocycles. The van der Waals surface area contributed by atoms with Crippen LogP contribution in [0.15, 0.2) is 66.5 Å². The highest BCUT2D eigenvalue weighted by Gasteiger charge is 2.59. The van der Waals surface area contributed by atoms with Crippen molar-refractivity contribution >= 4 is 11.9 Å². The normalized spacial score (nSPS) is 24.9. The molecule has 0 unspecified atom stereocenters. The molecule has 10 heteroatoms. The smallest absolute Gasteiger partial charge is 0.339 e. The molecule has 1 N–H and O–H groups in total. The van der Waals surface area contributed by atoms with Crippen molar-refractivity contribution in [1.82, 2.24) is 4.90 Å². The molecule has 1 fully saturated rings. The van der Waals surface area contributed by atoms with Crippen molar-refractivity contribution in [3.63, 3.8) is 0 Å². The zero-order chi connectivity index (χ0) is 30.7. The molecule has 1 spiro atoms. The zero-order valence-electron chi connectivity index (χ0n) is 25.2. The molecule has 0 radical (unpaired) electrons. The number of benzene rings is 2. The predicted molar refractivity (Wildman–Crippen MR) is 159 cm³/mol. The third kappa shape index (κ3) is 5.69. The van der Waals surface area contributed by atoms with Gasteiger partial charge in [-0.15, -0.1) is 0 Å². The molecule has 3 heterocycles. The molecule has 2 aromatic carbocycles. The quantitative estimate of drug-likeness (QED) is 0.231. The van der Waals surface area contributed by atoms with Crippen LogP contribution in [0, 0.1) is 0 Å². The first kappa shape index (κ1) is 30.2. The molecular formula is C34H39NO9. The van der Waals surface area contributed by atoms with Crippen molar-refractivity contribution in [2.75, 3.05) is 40.7 Å². The van der Waals surface area contributed by atoms with Crippen molar-refractivity contribution in [2.24, 2.45) is 0 Å². The fourth-order valence-corrected chi connectivity index (χ4v) is 7.02. The van der Waals surface area contributed by atoms with Crippen LogP contribution in [0.25, 0.3) is 0 Å². The number of carbonyl (C=O) groups excluding carboxylic acids is 2. The molecule has 10 nitrogen and oxygen atoms in total. The zero-order valence-corrected chi connectivity index (χ0v) is 25.2. The van der Waals surface area contributed by atoms with Crippen LogP contribution in [0.3, 0.4) is 0 Å². The van der Waals surface area contributed by atoms with E-state index in [1.807, 2.05) is 42.5 Å². The minimum Gasteiger partial charge on any atom is -0.497 e. The van der Waals surface area contributed by atoms with E-state index >= 15 is 0 Å². The molecule has 44 heavy (non-hydrogen) atoms. The van der Waals surface area contributed by atoms with Gasteiger partial charge in [0.05, 0.1) is 45.3 Å². The lowest BCUT2D eigenvalue weighted by molar-refractivity contribution is -0.177. The van der Waals surface area contributed by atoms with Crippen molar-refractivity contribution in [3.8, 4) is 11.5 Å². The summed E-state index contributed by atoms with van der Waals surface area (Å²) in [6.45, 7) is 2.60. The van der Waals surface area contributed by atoms with E-state index in [-0.39, 0.29) is 25.7 Å². The maximum Gasteiger partial charge on any atom is 0.339 e. The van der Waals surface area contributed by atoms with E-state index in [1.54, 1.807) is 19.3 Å². The summed E-state index contributed by atoms with van der Waals surface area (Å²) in [5, 5.41) is 11.6. The van der Waals surface area contributed by atoms with E-state index in [0.717, 1.165) is 49.0 Å². The second-order valence-corrected chi connectivity index (χ2v) is 11.8. The Hall–Kier alpha value is -3.86. The number of rotatable bonds is 11. The van der Waals surface area contributed by atoms with Gasteiger partial charge in [-0.2, -0.15) is 0 Å². The molecular weight excluding hydrogens is 566 g/mol. The largest absolute Gasteiger partial charge is 0.497 e. The van der Waals surface area contributed by atoms with E-state index in [2.05, 4.69) is 11.0 Å². The summed E-state index contributed by atoms with van der Waals surface area (Å²) in [6.07, 6.45) is 6.55. The van der Waals surface area contributed by atoms with Crippen LogP contribution in [0.4, 0.5) is 0 Å². The van der Waals surface area contributed by atoms with Gasteiger partial charge < -0.3 is 33.5 Å². The fraction of sp³-hybridized carbons (Fsp3) is 0.471. The van der Waals surface area contributed by atoms with Crippen LogP contribution >= 0.6 is 0 Å². The molecule has 2 aromatic rings. The molecule has 1 aliphatic carbocycles. The highest BCUT2D eigenvalue weighted by atomic mass is 16.7. The predicted octanol–water partition coefficient (Wildman–Crippen LogP) is 3.80. The highest BCUT2D eigenvalue weighted by molar-refractivity contribution is 5.86. The average Bonchev–Trinajstić information content (AvgIpc) is 3.72. The molecule has 0 aromatic heterocycles. The molecule has 4 atom stereocenters. The number of hydrogen-bond acceptors (Lipinski definition) is 10. The number of nitrogens with zero attached hydrogens (tertiary/aromatic N) is 1. The lowest BCUT2D eigenvalue weighted by Crippen LogP contribution is -2.49. The molecule has 1 saturated heterocycles. The van der Waals surface area contributed by atoms with Crippen molar-refractivity contribution < 1.29 is 43.1 Å². The van der Waals surface area contributed by atoms with Gasteiger partial charge in [0.2, 0.25) is 6.79 Å². The van der Waals surface area contributed by atoms with Crippen LogP contribution in [0.2, 0.25) is 0 Å². The summed E-state index contributed by atoms with van der Waals surface area (Å²) in [5.41, 5.74) is 0.559. The van der Waals surface area contributed by atoms with Gasteiger partial charge in [-0.3, -0.25) is 9.69 Å². The van der Waals surface area contributed by atoms with Gasteiger partial charge in [0, 0.05) is 13.0 Å². The maximum absolute atomic E-state index is 13.9. The standard InChI is InChI=1S/C34H39NO9/c1-39-28-19-33-12-8-14-35(33)15-11-24-17-26-27(43-22-42-26)18-25(24)30(33)31(28)44-32(37)34(38,20-29(36)40-2)13-6-7-16-41-21-23-9-4-3-5-10-23/h3-7,9-10,17-19,30-31,38H,8,11-16,20-22H2,1-2H3/b7-6+/t30-,31-,33+,34-/m1/s1. The topological polar surface area (TPSA) is 113 Å². The minimum absolute atomic E-state index is 0.158. The Labute approximate surface area is 257 Å². The third-order valence-electron chi connectivity index (χ3n) is 9.19. The Kier molecular flexibility index (Phi) is 8.66. The van der Waals surface area contributed by atoms with E-state index < -0.39 is 35.6 Å². The Morgan fingerprint density at radius 1 is 1.11 bits per heavy atom. The van der Waals surface area contributed by atoms with Gasteiger partial charge in [0.15, 0.2) is 23.2 Å². The van der Waals surface area contributed by atoms with Crippen LogP contribution in [-0.4, -0.2) is 79.9 Å². The van der Waals surface area contributed by atoms with Gasteiger partial charge in [-0.1, -0.05) is 42.5 Å². The van der Waals surface area contributed by atoms with Crippen LogP contribution < -0.4 is 9.47 Å². The lowest BCUT2D eigenvalue weighted by Gasteiger charge is -2.39. The summed E-state index contributed by atoms with van der Waals surface area (Å²) >= 11 is 0. The number of ether oxygens (including phenoxy) is 6. The first-order valence-corrected chi connectivity index (χ1v) is 15.1. The monoisotopic (exact) mass is 605 g/mol. The molecule has 0 bridgehead atoms. The Morgan fingerprint density at radius 3 is 2.68 bits per heavy atom. The number of aliphatic hydroxyl groups is 1. The minimum atomic E-state index is -2.16. The summed E-state index contributed by atoms with van der Waals surface area (Å²) in [7, 11) is 2.78. The summed E-state index contributed by atoms with van der Waals surface area (Å²) < 4.78 is 34.0. The number of esters is 2. The summed E-state index contributed by atoms with van der Waals surface area (Å²) in [4.78, 5) is 28.7. The lowest BCUT2D eigenvalue weighted by atomic mass is 9.77. The van der Waals surface area contributed by atoms with Crippen molar-refractivity contribution in [2.45, 2.75) is 61.9 Å². The van der Waals surface area contributed by atoms with Gasteiger partial charge in [0.1, 0.15) is 5.76 Å². The van der Waals surface area contributed by atoms with E-state index in [9.17, 15) is 14.7 Å². The summed E-state index contributed by atoms with van der Waals surface area (Å²) in [6, 6.07) is 13.8. The average molecular weight is 606 g/mol. The molecule has 234 valence electrons. The Bertz CT molecular complexity index is 1440. The molecule has 0 saturated carbocycles. The van der Waals surface area contributed by atoms with Crippen molar-refractivity contribution in [1.29, 1.82) is 0 Å².